The molecule has 1 N–H and O–H groups in total. The molecular weight excluding hydrogens is 218 g/mol. The molecule has 3 nitrogen and oxygen atoms in total. The molecule has 1 fully saturated rings. The van der Waals surface area contributed by atoms with E-state index < -0.39 is 0 Å². The van der Waals surface area contributed by atoms with E-state index in [1.165, 1.54) is 24.3 Å². The van der Waals surface area contributed by atoms with Gasteiger partial charge in [-0.25, -0.2) is 0 Å². The van der Waals surface area contributed by atoms with Crippen molar-refractivity contribution >= 4 is 17.4 Å². The highest BCUT2D eigenvalue weighted by Gasteiger charge is 2.17. The van der Waals surface area contributed by atoms with Crippen LogP contribution in [0.4, 0.5) is 5.69 Å². The highest BCUT2D eigenvalue weighted by molar-refractivity contribution is 7.99. The first-order valence-corrected chi connectivity index (χ1v) is 7.10. The molecule has 0 amide bonds. The second-order valence-corrected chi connectivity index (χ2v) is 6.55. The molecular formula is C12H21N3S. The zero-order valence-corrected chi connectivity index (χ0v) is 11.2. The van der Waals surface area contributed by atoms with Crippen LogP contribution in [0.25, 0.3) is 0 Å². The molecule has 0 aliphatic carbocycles. The summed E-state index contributed by atoms with van der Waals surface area (Å²) >= 11 is 2.04. The number of rotatable bonds is 2. The number of anilines is 1. The summed E-state index contributed by atoms with van der Waals surface area (Å²) in [5, 5.41) is 7.97. The summed E-state index contributed by atoms with van der Waals surface area (Å²) in [5.41, 5.74) is 1.23. The van der Waals surface area contributed by atoms with Crippen LogP contribution in [-0.2, 0) is 5.54 Å². The summed E-state index contributed by atoms with van der Waals surface area (Å²) in [6.07, 6.45) is 6.66. The van der Waals surface area contributed by atoms with Gasteiger partial charge in [-0.05, 0) is 39.4 Å². The third-order valence-corrected chi connectivity index (χ3v) is 4.02. The third kappa shape index (κ3) is 2.94. The summed E-state index contributed by atoms with van der Waals surface area (Å²) in [4.78, 5) is 0. The van der Waals surface area contributed by atoms with Crippen LogP contribution < -0.4 is 5.32 Å². The van der Waals surface area contributed by atoms with Crippen LogP contribution in [0.5, 0.6) is 0 Å². The first kappa shape index (κ1) is 11.8. The van der Waals surface area contributed by atoms with Crippen molar-refractivity contribution < 1.29 is 0 Å². The van der Waals surface area contributed by atoms with Gasteiger partial charge in [0.05, 0.1) is 17.4 Å². The van der Waals surface area contributed by atoms with Gasteiger partial charge in [0.1, 0.15) is 0 Å². The van der Waals surface area contributed by atoms with E-state index in [1.807, 2.05) is 22.6 Å². The van der Waals surface area contributed by atoms with Gasteiger partial charge in [-0.2, -0.15) is 16.9 Å². The Kier molecular flexibility index (Phi) is 3.47. The molecule has 0 saturated carbocycles. The lowest BCUT2D eigenvalue weighted by Crippen LogP contribution is -2.25. The molecule has 1 unspecified atom stereocenters. The van der Waals surface area contributed by atoms with Gasteiger partial charge in [-0.1, -0.05) is 0 Å². The second kappa shape index (κ2) is 4.70. The Bertz CT molecular complexity index is 334. The van der Waals surface area contributed by atoms with Crippen molar-refractivity contribution in [3.8, 4) is 0 Å². The van der Waals surface area contributed by atoms with E-state index in [-0.39, 0.29) is 5.54 Å². The quantitative estimate of drug-likeness (QED) is 0.860. The molecule has 4 heteroatoms. The fourth-order valence-electron chi connectivity index (χ4n) is 1.85. The molecule has 1 aliphatic heterocycles. The zero-order chi connectivity index (χ0) is 11.6. The van der Waals surface area contributed by atoms with Crippen molar-refractivity contribution in [3.05, 3.63) is 12.4 Å². The Balaban J connectivity index is 1.97. The number of hydrogen-bond acceptors (Lipinski definition) is 3. The zero-order valence-electron chi connectivity index (χ0n) is 10.4. The van der Waals surface area contributed by atoms with Gasteiger partial charge >= 0.3 is 0 Å². The first-order chi connectivity index (χ1) is 7.55. The van der Waals surface area contributed by atoms with Crippen molar-refractivity contribution in [3.63, 3.8) is 0 Å². The van der Waals surface area contributed by atoms with Crippen molar-refractivity contribution in [1.82, 2.24) is 9.78 Å². The number of nitrogens with one attached hydrogen (secondary N) is 1. The third-order valence-electron chi connectivity index (χ3n) is 2.80. The van der Waals surface area contributed by atoms with Gasteiger partial charge in [-0.15, -0.1) is 0 Å². The Labute approximate surface area is 102 Å². The smallest absolute Gasteiger partial charge is 0.0729 e. The first-order valence-electron chi connectivity index (χ1n) is 5.95. The molecule has 1 saturated heterocycles. The van der Waals surface area contributed by atoms with Crippen molar-refractivity contribution in [2.24, 2.45) is 0 Å². The van der Waals surface area contributed by atoms with Crippen LogP contribution in [0.1, 0.15) is 33.6 Å². The normalized spacial score (nSPS) is 22.1. The van der Waals surface area contributed by atoms with Gasteiger partial charge in [0.2, 0.25) is 0 Å². The average Bonchev–Trinajstić information content (AvgIpc) is 2.67. The van der Waals surface area contributed by atoms with E-state index in [4.69, 9.17) is 0 Å². The lowest BCUT2D eigenvalue weighted by atomic mass is 10.1. The minimum atomic E-state index is 0.0707. The molecule has 16 heavy (non-hydrogen) atoms. The highest BCUT2D eigenvalue weighted by atomic mass is 32.2. The largest absolute Gasteiger partial charge is 0.379 e. The monoisotopic (exact) mass is 239 g/mol. The number of thioether (sulfide) groups is 1. The summed E-state index contributed by atoms with van der Waals surface area (Å²) in [5.74, 6) is 2.54. The van der Waals surface area contributed by atoms with E-state index in [2.05, 4.69) is 37.4 Å². The molecule has 1 aromatic heterocycles. The lowest BCUT2D eigenvalue weighted by molar-refractivity contribution is 0.355. The standard InChI is InChI=1S/C12H21N3S/c1-12(2,3)15-8-11(7-13-15)14-10-5-4-6-16-9-10/h7-8,10,14H,4-6,9H2,1-3H3. The minimum Gasteiger partial charge on any atom is -0.379 e. The molecule has 2 rings (SSSR count). The highest BCUT2D eigenvalue weighted by Crippen LogP contribution is 2.22. The molecule has 90 valence electrons. The summed E-state index contributed by atoms with van der Waals surface area (Å²) < 4.78 is 2.02. The maximum atomic E-state index is 4.40. The molecule has 1 aromatic rings. The van der Waals surface area contributed by atoms with Gasteiger partial charge in [0, 0.05) is 18.0 Å². The van der Waals surface area contributed by atoms with E-state index in [0.717, 1.165) is 5.69 Å². The minimum absolute atomic E-state index is 0.0707. The topological polar surface area (TPSA) is 29.9 Å². The van der Waals surface area contributed by atoms with Crippen LogP contribution in [0.3, 0.4) is 0 Å². The number of hydrogen-bond donors (Lipinski definition) is 1. The fourth-order valence-corrected chi connectivity index (χ4v) is 2.93. The molecule has 0 spiro atoms. The number of aromatic nitrogens is 2. The predicted octanol–water partition coefficient (Wildman–Crippen LogP) is 2.95. The Morgan fingerprint density at radius 3 is 2.88 bits per heavy atom. The lowest BCUT2D eigenvalue weighted by Gasteiger charge is -2.23. The summed E-state index contributed by atoms with van der Waals surface area (Å²) in [6.45, 7) is 6.50. The van der Waals surface area contributed by atoms with Crippen LogP contribution >= 0.6 is 11.8 Å². The number of nitrogens with zero attached hydrogens (tertiary/aromatic N) is 2. The Morgan fingerprint density at radius 2 is 2.31 bits per heavy atom. The summed E-state index contributed by atoms with van der Waals surface area (Å²) in [7, 11) is 0. The molecule has 1 atom stereocenters. The molecule has 0 bridgehead atoms. The predicted molar refractivity (Wildman–Crippen MR) is 71.2 cm³/mol. The Hall–Kier alpha value is -0.640. The van der Waals surface area contributed by atoms with E-state index in [0.29, 0.717) is 6.04 Å². The van der Waals surface area contributed by atoms with Crippen molar-refractivity contribution in [2.45, 2.75) is 45.2 Å². The van der Waals surface area contributed by atoms with Crippen LogP contribution in [-0.4, -0.2) is 27.3 Å². The van der Waals surface area contributed by atoms with Gasteiger partial charge in [0.25, 0.3) is 0 Å². The van der Waals surface area contributed by atoms with Gasteiger partial charge in [0.15, 0.2) is 0 Å². The van der Waals surface area contributed by atoms with E-state index in [9.17, 15) is 0 Å². The maximum absolute atomic E-state index is 4.40. The van der Waals surface area contributed by atoms with Crippen molar-refractivity contribution in [2.75, 3.05) is 16.8 Å². The fraction of sp³-hybridized carbons (Fsp3) is 0.750. The summed E-state index contributed by atoms with van der Waals surface area (Å²) in [6, 6.07) is 0.622. The van der Waals surface area contributed by atoms with Crippen LogP contribution in [0.15, 0.2) is 12.4 Å². The van der Waals surface area contributed by atoms with E-state index >= 15 is 0 Å². The van der Waals surface area contributed by atoms with E-state index in [1.54, 1.807) is 0 Å². The molecule has 0 radical (unpaired) electrons. The Morgan fingerprint density at radius 1 is 1.50 bits per heavy atom. The van der Waals surface area contributed by atoms with Crippen LogP contribution in [0.2, 0.25) is 0 Å². The average molecular weight is 239 g/mol. The van der Waals surface area contributed by atoms with Crippen molar-refractivity contribution in [1.29, 1.82) is 0 Å². The molecule has 1 aliphatic rings. The molecule has 0 aromatic carbocycles. The molecule has 2 heterocycles. The SMILES string of the molecule is CC(C)(C)n1cc(NC2CCCSC2)cn1. The van der Waals surface area contributed by atoms with Gasteiger partial charge in [-0.3, -0.25) is 4.68 Å². The second-order valence-electron chi connectivity index (χ2n) is 5.40. The maximum Gasteiger partial charge on any atom is 0.0729 e. The van der Waals surface area contributed by atoms with Gasteiger partial charge < -0.3 is 5.32 Å². The van der Waals surface area contributed by atoms with Crippen LogP contribution in [0, 0.1) is 0 Å².